The van der Waals surface area contributed by atoms with Gasteiger partial charge in [-0.1, -0.05) is 62.0 Å². The summed E-state index contributed by atoms with van der Waals surface area (Å²) in [5.74, 6) is 0.341. The molecule has 0 radical (unpaired) electrons. The molecule has 7 nitrogen and oxygen atoms in total. The van der Waals surface area contributed by atoms with Crippen molar-refractivity contribution in [2.75, 3.05) is 19.7 Å². The Morgan fingerprint density at radius 1 is 1.17 bits per heavy atom. The number of rotatable bonds is 11. The zero-order chi connectivity index (χ0) is 26.0. The second-order valence-electron chi connectivity index (χ2n) is 9.00. The molecule has 1 fully saturated rings. The maximum Gasteiger partial charge on any atom is 0.252 e. The van der Waals surface area contributed by atoms with Gasteiger partial charge >= 0.3 is 0 Å². The van der Waals surface area contributed by atoms with Gasteiger partial charge in [0.2, 0.25) is 0 Å². The number of nitrogens with two attached hydrogens (primary N) is 1. The van der Waals surface area contributed by atoms with E-state index in [2.05, 4.69) is 17.2 Å². The quantitative estimate of drug-likeness (QED) is 0.243. The number of carbonyl (C=O) groups is 1. The molecule has 36 heavy (non-hydrogen) atoms. The number of amides is 1. The minimum absolute atomic E-state index is 0.191. The van der Waals surface area contributed by atoms with Gasteiger partial charge in [-0.25, -0.2) is 0 Å². The molecule has 2 aromatic carbocycles. The van der Waals surface area contributed by atoms with Gasteiger partial charge in [-0.15, -0.1) is 0 Å². The summed E-state index contributed by atoms with van der Waals surface area (Å²) in [5, 5.41) is 26.8. The molecule has 0 bridgehead atoms. The van der Waals surface area contributed by atoms with E-state index in [1.54, 1.807) is 12.1 Å². The van der Waals surface area contributed by atoms with Crippen LogP contribution in [0.15, 0.2) is 78.7 Å². The third-order valence-electron chi connectivity index (χ3n) is 6.22. The fraction of sp³-hybridized carbons (Fsp3) is 0.345. The molecule has 0 aliphatic carbocycles. The number of aromatic hydroxyl groups is 1. The highest BCUT2D eigenvalue weighted by Gasteiger charge is 2.36. The Balaban J connectivity index is 1.55. The Kier molecular flexibility index (Phi) is 9.73. The van der Waals surface area contributed by atoms with E-state index in [1.807, 2.05) is 55.5 Å². The summed E-state index contributed by atoms with van der Waals surface area (Å²) in [7, 11) is 0. The molecule has 3 rings (SSSR count). The van der Waals surface area contributed by atoms with Gasteiger partial charge < -0.3 is 31.3 Å². The van der Waals surface area contributed by atoms with Gasteiger partial charge in [-0.2, -0.15) is 0 Å². The molecule has 1 heterocycles. The zero-order valence-electron chi connectivity index (χ0n) is 20.9. The van der Waals surface area contributed by atoms with E-state index in [1.165, 1.54) is 0 Å². The van der Waals surface area contributed by atoms with Crippen molar-refractivity contribution in [2.45, 2.75) is 44.8 Å². The zero-order valence-corrected chi connectivity index (χ0v) is 20.9. The minimum atomic E-state index is -1.29. The van der Waals surface area contributed by atoms with Crippen LogP contribution in [0.5, 0.6) is 5.75 Å². The summed E-state index contributed by atoms with van der Waals surface area (Å²) in [6.07, 6.45) is 6.10. The molecular weight excluding hydrogens is 454 g/mol. The monoisotopic (exact) mass is 491 g/mol. The minimum Gasteiger partial charge on any atom is -0.507 e. The van der Waals surface area contributed by atoms with E-state index >= 15 is 0 Å². The maximum absolute atomic E-state index is 12.4. The van der Waals surface area contributed by atoms with Crippen LogP contribution in [0, 0.1) is 0 Å². The van der Waals surface area contributed by atoms with Crippen molar-refractivity contribution in [1.29, 1.82) is 0 Å². The number of para-hydroxylation sites is 1. The van der Waals surface area contributed by atoms with E-state index in [9.17, 15) is 15.0 Å². The van der Waals surface area contributed by atoms with E-state index in [4.69, 9.17) is 10.5 Å². The van der Waals surface area contributed by atoms with Crippen LogP contribution in [0.2, 0.25) is 0 Å². The van der Waals surface area contributed by atoms with Crippen molar-refractivity contribution in [3.63, 3.8) is 0 Å². The third-order valence-corrected chi connectivity index (χ3v) is 6.22. The van der Waals surface area contributed by atoms with E-state index in [0.717, 1.165) is 23.1 Å². The van der Waals surface area contributed by atoms with Crippen LogP contribution in [0.4, 0.5) is 0 Å². The molecule has 0 saturated carbocycles. The molecule has 1 aliphatic heterocycles. The van der Waals surface area contributed by atoms with E-state index < -0.39 is 5.60 Å². The molecule has 192 valence electrons. The standard InChI is InChI=1S/C29H37N3O4/c1-3-6-24(25-7-4-5-8-26(25)33)19-27(21(2)30)36-18-13-22-9-11-23(12-10-22)20-32-28(34)29(35)14-16-31-17-15-29/h4-12,19,31,33,35H,2-3,13-18,20,30H2,1H3,(H,32,34)/b24-6-,27-19+. The van der Waals surface area contributed by atoms with Gasteiger partial charge in [0.1, 0.15) is 17.1 Å². The topological polar surface area (TPSA) is 117 Å². The third kappa shape index (κ3) is 7.47. The first-order valence-electron chi connectivity index (χ1n) is 12.4. The van der Waals surface area contributed by atoms with E-state index in [-0.39, 0.29) is 11.7 Å². The molecule has 2 aromatic rings. The summed E-state index contributed by atoms with van der Waals surface area (Å²) in [6, 6.07) is 15.1. The van der Waals surface area contributed by atoms with Crippen LogP contribution in [0.3, 0.4) is 0 Å². The Labute approximate surface area is 213 Å². The first kappa shape index (κ1) is 27.0. The molecular formula is C29H37N3O4. The summed E-state index contributed by atoms with van der Waals surface area (Å²) in [6.45, 7) is 7.90. The van der Waals surface area contributed by atoms with Crippen LogP contribution in [0.25, 0.3) is 5.57 Å². The molecule has 0 unspecified atom stereocenters. The highest BCUT2D eigenvalue weighted by Crippen LogP contribution is 2.28. The van der Waals surface area contributed by atoms with Crippen molar-refractivity contribution >= 4 is 11.5 Å². The number of nitrogens with one attached hydrogen (secondary N) is 2. The lowest BCUT2D eigenvalue weighted by atomic mass is 9.91. The second kappa shape index (κ2) is 13.0. The largest absolute Gasteiger partial charge is 0.507 e. The molecule has 1 amide bonds. The fourth-order valence-electron chi connectivity index (χ4n) is 4.07. The van der Waals surface area contributed by atoms with Crippen molar-refractivity contribution in [3.8, 4) is 5.75 Å². The number of carbonyl (C=O) groups excluding carboxylic acids is 1. The van der Waals surface area contributed by atoms with Gasteiger partial charge in [-0.05, 0) is 61.2 Å². The molecule has 0 aromatic heterocycles. The lowest BCUT2D eigenvalue weighted by Crippen LogP contribution is -2.52. The molecule has 1 aliphatic rings. The van der Waals surface area contributed by atoms with Crippen molar-refractivity contribution in [1.82, 2.24) is 10.6 Å². The van der Waals surface area contributed by atoms with Crippen molar-refractivity contribution in [2.24, 2.45) is 5.73 Å². The lowest BCUT2D eigenvalue weighted by molar-refractivity contribution is -0.142. The number of hydrogen-bond acceptors (Lipinski definition) is 6. The van der Waals surface area contributed by atoms with Gasteiger partial charge in [0.15, 0.2) is 0 Å². The Bertz CT molecular complexity index is 1100. The number of phenols is 1. The van der Waals surface area contributed by atoms with Gasteiger partial charge in [0.05, 0.1) is 12.3 Å². The van der Waals surface area contributed by atoms with Gasteiger partial charge in [-0.3, -0.25) is 4.79 Å². The first-order valence-corrected chi connectivity index (χ1v) is 12.4. The molecule has 0 atom stereocenters. The predicted octanol–water partition coefficient (Wildman–Crippen LogP) is 3.53. The average molecular weight is 492 g/mol. The Morgan fingerprint density at radius 2 is 1.83 bits per heavy atom. The second-order valence-corrected chi connectivity index (χ2v) is 9.00. The number of hydrogen-bond donors (Lipinski definition) is 5. The van der Waals surface area contributed by atoms with Crippen LogP contribution >= 0.6 is 0 Å². The Hall–Kier alpha value is -3.55. The normalized spacial score (nSPS) is 15.8. The average Bonchev–Trinajstić information content (AvgIpc) is 2.87. The lowest BCUT2D eigenvalue weighted by Gasteiger charge is -2.31. The van der Waals surface area contributed by atoms with Crippen LogP contribution < -0.4 is 16.4 Å². The van der Waals surface area contributed by atoms with Crippen LogP contribution in [-0.4, -0.2) is 41.4 Å². The molecule has 7 heteroatoms. The van der Waals surface area contributed by atoms with E-state index in [0.29, 0.717) is 62.5 Å². The summed E-state index contributed by atoms with van der Waals surface area (Å²) in [4.78, 5) is 12.4. The number of aliphatic hydroxyl groups is 1. The smallest absolute Gasteiger partial charge is 0.252 e. The van der Waals surface area contributed by atoms with Crippen LogP contribution in [0.1, 0.15) is 42.9 Å². The summed E-state index contributed by atoms with van der Waals surface area (Å²) < 4.78 is 5.96. The summed E-state index contributed by atoms with van der Waals surface area (Å²) >= 11 is 0. The van der Waals surface area contributed by atoms with Crippen molar-refractivity contribution in [3.05, 3.63) is 95.4 Å². The number of allylic oxidation sites excluding steroid dienone is 3. The van der Waals surface area contributed by atoms with Gasteiger partial charge in [0, 0.05) is 18.5 Å². The van der Waals surface area contributed by atoms with Gasteiger partial charge in [0.25, 0.3) is 5.91 Å². The number of phenolic OH excluding ortho intramolecular Hbond substituents is 1. The Morgan fingerprint density at radius 3 is 2.47 bits per heavy atom. The highest BCUT2D eigenvalue weighted by molar-refractivity contribution is 5.85. The molecule has 6 N–H and O–H groups in total. The predicted molar refractivity (Wildman–Crippen MR) is 143 cm³/mol. The SMILES string of the molecule is C=C(N)/C(=C\C(=C\CC)c1ccccc1O)OCCc1ccc(CNC(=O)C2(O)CCNCC2)cc1. The highest BCUT2D eigenvalue weighted by atomic mass is 16.5. The van der Waals surface area contributed by atoms with Crippen LogP contribution in [-0.2, 0) is 22.5 Å². The number of piperidine rings is 1. The fourth-order valence-corrected chi connectivity index (χ4v) is 4.07. The number of benzene rings is 2. The number of ether oxygens (including phenoxy) is 1. The maximum atomic E-state index is 12.4. The summed E-state index contributed by atoms with van der Waals surface area (Å²) in [5.41, 5.74) is 8.57. The molecule has 0 spiro atoms. The van der Waals surface area contributed by atoms with Crippen molar-refractivity contribution < 1.29 is 19.7 Å². The first-order chi connectivity index (χ1) is 17.3. The molecule has 1 saturated heterocycles.